The summed E-state index contributed by atoms with van der Waals surface area (Å²) in [5, 5.41) is 15.6. The van der Waals surface area contributed by atoms with Gasteiger partial charge >= 0.3 is 5.97 Å². The van der Waals surface area contributed by atoms with Gasteiger partial charge in [0.15, 0.2) is 9.90 Å². The minimum atomic E-state index is -4.07. The van der Waals surface area contributed by atoms with E-state index in [1.165, 1.54) is 24.3 Å². The Hall–Kier alpha value is -2.37. The number of rotatable bonds is 5. The number of carbonyl (C=O) groups excluding carboxylic acids is 1. The van der Waals surface area contributed by atoms with Crippen LogP contribution in [0, 0.1) is 10.1 Å². The summed E-state index contributed by atoms with van der Waals surface area (Å²) in [6.45, 7) is -0.262. The van der Waals surface area contributed by atoms with E-state index in [-0.39, 0.29) is 12.3 Å². The summed E-state index contributed by atoms with van der Waals surface area (Å²) < 4.78 is 27.1. The van der Waals surface area contributed by atoms with Crippen molar-refractivity contribution in [1.29, 1.82) is 0 Å². The highest BCUT2D eigenvalue weighted by molar-refractivity contribution is 7.91. The molecule has 0 spiro atoms. The number of aromatic nitrogens is 1. The van der Waals surface area contributed by atoms with Crippen LogP contribution in [0.15, 0.2) is 34.0 Å². The zero-order valence-corrected chi connectivity index (χ0v) is 12.5. The zero-order valence-electron chi connectivity index (χ0n) is 10.8. The smallest absolute Gasteiger partial charge is 0.359 e. The van der Waals surface area contributed by atoms with E-state index >= 15 is 0 Å². The molecule has 0 atom stereocenters. The van der Waals surface area contributed by atoms with Gasteiger partial charge in [-0.1, -0.05) is 12.1 Å². The molecule has 0 saturated heterocycles. The van der Waals surface area contributed by atoms with Gasteiger partial charge in [0.2, 0.25) is 10.0 Å². The van der Waals surface area contributed by atoms with Gasteiger partial charge < -0.3 is 4.74 Å². The highest BCUT2D eigenvalue weighted by Crippen LogP contribution is 2.20. The number of primary sulfonamides is 1. The molecule has 0 bridgehead atoms. The first-order chi connectivity index (χ1) is 10.3. The normalized spacial score (nSPS) is 11.1. The third-order valence-electron chi connectivity index (χ3n) is 2.48. The van der Waals surface area contributed by atoms with Crippen LogP contribution in [0.3, 0.4) is 0 Å². The predicted molar refractivity (Wildman–Crippen MR) is 75.7 cm³/mol. The number of benzene rings is 1. The number of nitro benzene ring substituents is 1. The number of sulfonamides is 1. The fourth-order valence-corrected chi connectivity index (χ4v) is 3.12. The molecule has 0 saturated carbocycles. The number of carbonyl (C=O) groups is 1. The van der Waals surface area contributed by atoms with Gasteiger partial charge in [-0.05, 0) is 5.56 Å². The fraction of sp³-hybridized carbons (Fsp3) is 0.0909. The maximum atomic E-state index is 11.8. The highest BCUT2D eigenvalue weighted by Gasteiger charge is 2.24. The maximum Gasteiger partial charge on any atom is 0.359 e. The molecule has 0 fully saturated rings. The van der Waals surface area contributed by atoms with E-state index < -0.39 is 30.8 Å². The van der Waals surface area contributed by atoms with Crippen molar-refractivity contribution < 1.29 is 22.9 Å². The number of hydrogen-bond donors (Lipinski definition) is 1. The molecular formula is C11H9N3O6S2. The molecule has 0 aliphatic heterocycles. The SMILES string of the molecule is NS(=O)(=O)c1scnc1C(=O)OCc1cccc([N+](=O)[O-])c1. The minimum absolute atomic E-state index is 0.146. The van der Waals surface area contributed by atoms with Crippen molar-refractivity contribution in [3.63, 3.8) is 0 Å². The van der Waals surface area contributed by atoms with Crippen LogP contribution < -0.4 is 5.14 Å². The van der Waals surface area contributed by atoms with E-state index in [9.17, 15) is 23.3 Å². The second-order valence-electron chi connectivity index (χ2n) is 4.04. The van der Waals surface area contributed by atoms with Gasteiger partial charge in [-0.3, -0.25) is 10.1 Å². The Labute approximate surface area is 128 Å². The van der Waals surface area contributed by atoms with E-state index in [0.717, 1.165) is 5.51 Å². The van der Waals surface area contributed by atoms with Gasteiger partial charge in [0.1, 0.15) is 6.61 Å². The summed E-state index contributed by atoms with van der Waals surface area (Å²) in [5.74, 6) is -0.975. The Balaban J connectivity index is 2.13. The molecule has 2 N–H and O–H groups in total. The molecule has 2 rings (SSSR count). The van der Waals surface area contributed by atoms with Gasteiger partial charge in [0, 0.05) is 12.1 Å². The minimum Gasteiger partial charge on any atom is -0.456 e. The van der Waals surface area contributed by atoms with Crippen LogP contribution in [0.5, 0.6) is 0 Å². The highest BCUT2D eigenvalue weighted by atomic mass is 32.2. The van der Waals surface area contributed by atoms with Gasteiger partial charge in [0.25, 0.3) is 5.69 Å². The summed E-state index contributed by atoms with van der Waals surface area (Å²) in [6, 6.07) is 5.52. The molecule has 22 heavy (non-hydrogen) atoms. The van der Waals surface area contributed by atoms with Crippen molar-refractivity contribution in [1.82, 2.24) is 4.98 Å². The summed E-state index contributed by atoms with van der Waals surface area (Å²) in [4.78, 5) is 25.5. The van der Waals surface area contributed by atoms with Gasteiger partial charge in [-0.15, -0.1) is 11.3 Å². The van der Waals surface area contributed by atoms with Crippen LogP contribution in [-0.4, -0.2) is 24.3 Å². The Kier molecular flexibility index (Phi) is 4.49. The summed E-state index contributed by atoms with van der Waals surface area (Å²) >= 11 is 0.699. The average Bonchev–Trinajstić information content (AvgIpc) is 2.94. The van der Waals surface area contributed by atoms with Crippen LogP contribution in [-0.2, 0) is 21.4 Å². The zero-order chi connectivity index (χ0) is 16.3. The van der Waals surface area contributed by atoms with Crippen molar-refractivity contribution in [2.75, 3.05) is 0 Å². The molecule has 1 heterocycles. The van der Waals surface area contributed by atoms with Crippen LogP contribution in [0.25, 0.3) is 0 Å². The van der Waals surface area contributed by atoms with Crippen molar-refractivity contribution in [2.24, 2.45) is 5.14 Å². The summed E-state index contributed by atoms with van der Waals surface area (Å²) in [7, 11) is -4.07. The Morgan fingerprint density at radius 3 is 2.82 bits per heavy atom. The number of non-ortho nitro benzene ring substituents is 1. The van der Waals surface area contributed by atoms with E-state index in [2.05, 4.69) is 4.98 Å². The van der Waals surface area contributed by atoms with Crippen molar-refractivity contribution in [2.45, 2.75) is 10.8 Å². The molecule has 0 unspecified atom stereocenters. The van der Waals surface area contributed by atoms with Crippen LogP contribution in [0.4, 0.5) is 5.69 Å². The van der Waals surface area contributed by atoms with Crippen molar-refractivity contribution in [3.8, 4) is 0 Å². The number of hydrogen-bond acceptors (Lipinski definition) is 8. The lowest BCUT2D eigenvalue weighted by Gasteiger charge is -2.04. The fourth-order valence-electron chi connectivity index (χ4n) is 1.55. The molecule has 0 amide bonds. The third-order valence-corrected chi connectivity index (χ3v) is 4.79. The number of thiazole rings is 1. The van der Waals surface area contributed by atoms with Crippen LogP contribution >= 0.6 is 11.3 Å². The molecule has 9 nitrogen and oxygen atoms in total. The Morgan fingerprint density at radius 1 is 1.45 bits per heavy atom. The van der Waals surface area contributed by atoms with E-state index in [4.69, 9.17) is 9.88 Å². The number of nitrogens with two attached hydrogens (primary N) is 1. The van der Waals surface area contributed by atoms with Crippen LogP contribution in [0.1, 0.15) is 16.1 Å². The topological polar surface area (TPSA) is 142 Å². The quantitative estimate of drug-likeness (QED) is 0.485. The number of esters is 1. The van der Waals surface area contributed by atoms with Crippen LogP contribution in [0.2, 0.25) is 0 Å². The lowest BCUT2D eigenvalue weighted by molar-refractivity contribution is -0.384. The lowest BCUT2D eigenvalue weighted by atomic mass is 10.2. The molecule has 1 aromatic carbocycles. The second-order valence-corrected chi connectivity index (χ2v) is 6.65. The molecule has 11 heteroatoms. The average molecular weight is 343 g/mol. The summed E-state index contributed by atoms with van der Waals surface area (Å²) in [6.07, 6.45) is 0. The van der Waals surface area contributed by atoms with E-state index in [1.807, 2.05) is 0 Å². The Bertz CT molecular complexity index is 830. The molecule has 2 aromatic rings. The molecule has 1 aromatic heterocycles. The van der Waals surface area contributed by atoms with Gasteiger partial charge in [-0.2, -0.15) is 0 Å². The van der Waals surface area contributed by atoms with E-state index in [1.54, 1.807) is 0 Å². The first-order valence-electron chi connectivity index (χ1n) is 5.66. The van der Waals surface area contributed by atoms with E-state index in [0.29, 0.717) is 16.9 Å². The largest absolute Gasteiger partial charge is 0.456 e. The predicted octanol–water partition coefficient (Wildman–Crippen LogP) is 1.06. The second kappa shape index (κ2) is 6.17. The number of nitro groups is 1. The molecule has 0 aliphatic carbocycles. The number of ether oxygens (including phenoxy) is 1. The molecule has 0 radical (unpaired) electrons. The first kappa shape index (κ1) is 16.0. The van der Waals surface area contributed by atoms with Crippen molar-refractivity contribution >= 4 is 33.0 Å². The monoisotopic (exact) mass is 343 g/mol. The summed E-state index contributed by atoms with van der Waals surface area (Å²) in [5.41, 5.74) is 0.990. The van der Waals surface area contributed by atoms with Crippen molar-refractivity contribution in [3.05, 3.63) is 51.1 Å². The van der Waals surface area contributed by atoms with Gasteiger partial charge in [0.05, 0.1) is 10.4 Å². The Morgan fingerprint density at radius 2 is 2.18 bits per heavy atom. The maximum absolute atomic E-state index is 11.8. The molecule has 0 aliphatic rings. The lowest BCUT2D eigenvalue weighted by Crippen LogP contribution is -2.16. The third kappa shape index (κ3) is 3.63. The van der Waals surface area contributed by atoms with Gasteiger partial charge in [-0.25, -0.2) is 23.3 Å². The number of nitrogens with zero attached hydrogens (tertiary/aromatic N) is 2. The molecular weight excluding hydrogens is 334 g/mol. The standard InChI is InChI=1S/C11H9N3O6S2/c12-22(18,19)11-9(13-6-21-11)10(15)20-5-7-2-1-3-8(4-7)14(16)17/h1-4,6H,5H2,(H2,12,18,19). The first-order valence-corrected chi connectivity index (χ1v) is 8.08. The molecule has 116 valence electrons.